The molecule has 3 rings (SSSR count). The Morgan fingerprint density at radius 1 is 0.935 bits per heavy atom. The molecule has 2 fully saturated rings. The summed E-state index contributed by atoms with van der Waals surface area (Å²) in [6.45, 7) is 17.5. The SMILES string of the molecule is CC[C@H](C)[C@@H]([C@@H](CC(=O)N1CCC[C@H]1[C@H](OC)[C@@H](C)C(=O)N[C@@H](Cc1ccccc1)P(=O)(O)O)OC)N(C)C(=O)[C@@H](/N=C(\N(C)C)N1CCN(C(=O)OC(C)(C)C)CC1)C(C)C. The molecule has 0 saturated carbocycles. The molecule has 352 valence electrons. The third kappa shape index (κ3) is 14.4. The summed E-state index contributed by atoms with van der Waals surface area (Å²) in [7, 11) is 3.81. The first-order valence-corrected chi connectivity index (χ1v) is 23.6. The maximum Gasteiger partial charge on any atom is 0.410 e. The number of aliphatic imine (C=N–C) groups is 1. The molecule has 0 aromatic heterocycles. The molecule has 17 nitrogen and oxygen atoms in total. The predicted octanol–water partition coefficient (Wildman–Crippen LogP) is 4.26. The second kappa shape index (κ2) is 23.3. The summed E-state index contributed by atoms with van der Waals surface area (Å²) in [5.74, 6) is -2.89. The number of hydrogen-bond acceptors (Lipinski definition) is 9. The Balaban J connectivity index is 1.81. The zero-order valence-electron chi connectivity index (χ0n) is 39.4. The molecule has 0 radical (unpaired) electrons. The van der Waals surface area contributed by atoms with Crippen LogP contribution in [0, 0.1) is 17.8 Å². The largest absolute Gasteiger partial charge is 0.444 e. The van der Waals surface area contributed by atoms with Gasteiger partial charge in [-0.15, -0.1) is 0 Å². The molecular weight excluding hydrogens is 817 g/mol. The highest BCUT2D eigenvalue weighted by Crippen LogP contribution is 2.41. The smallest absolute Gasteiger partial charge is 0.410 e. The average molecular weight is 894 g/mol. The maximum absolute atomic E-state index is 14.6. The molecule has 2 saturated heterocycles. The lowest BCUT2D eigenvalue weighted by molar-refractivity contribution is -0.146. The molecule has 1 aromatic carbocycles. The fourth-order valence-corrected chi connectivity index (χ4v) is 9.16. The Morgan fingerprint density at radius 3 is 2.03 bits per heavy atom. The molecule has 0 spiro atoms. The number of methoxy groups -OCH3 is 2. The summed E-state index contributed by atoms with van der Waals surface area (Å²) in [6, 6.07) is 7.08. The Labute approximate surface area is 370 Å². The molecule has 3 N–H and O–H groups in total. The Hall–Kier alpha value is -3.76. The van der Waals surface area contributed by atoms with E-state index in [-0.39, 0.29) is 42.6 Å². The van der Waals surface area contributed by atoms with Gasteiger partial charge >= 0.3 is 13.7 Å². The van der Waals surface area contributed by atoms with Gasteiger partial charge < -0.3 is 53.8 Å². The molecular formula is C44H76N7O10P. The van der Waals surface area contributed by atoms with Crippen molar-refractivity contribution in [3.8, 4) is 0 Å². The van der Waals surface area contributed by atoms with E-state index in [1.807, 2.05) is 67.5 Å². The van der Waals surface area contributed by atoms with Gasteiger partial charge in [0.2, 0.25) is 17.7 Å². The van der Waals surface area contributed by atoms with Gasteiger partial charge in [-0.05, 0) is 51.0 Å². The molecule has 0 aliphatic carbocycles. The first-order chi connectivity index (χ1) is 28.9. The van der Waals surface area contributed by atoms with Gasteiger partial charge in [-0.2, -0.15) is 0 Å². The fourth-order valence-electron chi connectivity index (χ4n) is 8.41. The van der Waals surface area contributed by atoms with Crippen LogP contribution in [0.3, 0.4) is 0 Å². The van der Waals surface area contributed by atoms with Crippen molar-refractivity contribution in [2.75, 3.05) is 68.1 Å². The number of piperazine rings is 1. The van der Waals surface area contributed by atoms with E-state index in [0.717, 1.165) is 0 Å². The molecule has 2 aliphatic rings. The topological polar surface area (TPSA) is 194 Å². The van der Waals surface area contributed by atoms with E-state index < -0.39 is 61.1 Å². The van der Waals surface area contributed by atoms with E-state index in [1.165, 1.54) is 7.11 Å². The maximum atomic E-state index is 14.6. The van der Waals surface area contributed by atoms with Crippen molar-refractivity contribution < 1.29 is 47.7 Å². The third-order valence-electron chi connectivity index (χ3n) is 12.0. The van der Waals surface area contributed by atoms with Crippen LogP contribution < -0.4 is 5.32 Å². The number of rotatable bonds is 18. The highest BCUT2D eigenvalue weighted by Gasteiger charge is 2.44. The fraction of sp³-hybridized carbons (Fsp3) is 0.750. The number of nitrogens with one attached hydrogen (secondary N) is 1. The summed E-state index contributed by atoms with van der Waals surface area (Å²) in [4.78, 5) is 89.8. The van der Waals surface area contributed by atoms with E-state index >= 15 is 0 Å². The van der Waals surface area contributed by atoms with Gasteiger partial charge in [-0.1, -0.05) is 71.4 Å². The number of carbonyl (C=O) groups excluding carboxylic acids is 4. The number of carbonyl (C=O) groups is 4. The van der Waals surface area contributed by atoms with Crippen LogP contribution in [0.1, 0.15) is 86.6 Å². The summed E-state index contributed by atoms with van der Waals surface area (Å²) >= 11 is 0. The van der Waals surface area contributed by atoms with Crippen LogP contribution in [0.4, 0.5) is 4.79 Å². The van der Waals surface area contributed by atoms with Gasteiger partial charge in [0.15, 0.2) is 5.96 Å². The van der Waals surface area contributed by atoms with Crippen molar-refractivity contribution in [3.05, 3.63) is 35.9 Å². The van der Waals surface area contributed by atoms with Crippen molar-refractivity contribution in [1.29, 1.82) is 0 Å². The van der Waals surface area contributed by atoms with E-state index in [0.29, 0.717) is 63.5 Å². The standard InChI is InChI=1S/C44H76N7O10P/c1-14-30(4)38(48(11)41(54)37(29(2)3)46-42(47(9)10)49-23-25-50(26-24-49)43(55)61-44(6,7)8)34(59-12)28-36(52)51-22-18-21-33(51)39(60-13)31(5)40(53)45-35(62(56,57)58)27-32-19-16-15-17-20-32/h15-17,19-20,29-31,33-35,37-39H,14,18,21-28H2,1-13H3,(H,45,53)(H2,56,57,58)/b46-42+/t30-,31+,33-,34+,35+,37-,38-,39+/m0/s1. The van der Waals surface area contributed by atoms with Gasteiger partial charge in [0, 0.05) is 74.5 Å². The van der Waals surface area contributed by atoms with Crippen molar-refractivity contribution >= 4 is 37.4 Å². The number of amides is 4. The zero-order valence-corrected chi connectivity index (χ0v) is 40.3. The molecule has 62 heavy (non-hydrogen) atoms. The first-order valence-electron chi connectivity index (χ1n) is 21.9. The molecule has 4 amide bonds. The molecule has 18 heteroatoms. The molecule has 0 bridgehead atoms. The Bertz CT molecular complexity index is 1700. The second-order valence-electron chi connectivity index (χ2n) is 18.4. The lowest BCUT2D eigenvalue weighted by atomic mass is 9.89. The number of likely N-dealkylation sites (tertiary alicyclic amines) is 1. The van der Waals surface area contributed by atoms with Crippen molar-refractivity contribution in [2.45, 2.75) is 129 Å². The van der Waals surface area contributed by atoms with Crippen LogP contribution in [-0.2, 0) is 39.6 Å². The quantitative estimate of drug-likeness (QED) is 0.108. The van der Waals surface area contributed by atoms with Crippen LogP contribution >= 0.6 is 7.60 Å². The van der Waals surface area contributed by atoms with Crippen molar-refractivity contribution in [2.24, 2.45) is 22.7 Å². The Kier molecular flexibility index (Phi) is 19.7. The van der Waals surface area contributed by atoms with E-state index in [2.05, 4.69) is 10.2 Å². The normalized spacial score (nSPS) is 19.9. The number of ether oxygens (including phenoxy) is 3. The van der Waals surface area contributed by atoms with E-state index in [9.17, 15) is 33.5 Å². The minimum Gasteiger partial charge on any atom is -0.444 e. The predicted molar refractivity (Wildman–Crippen MR) is 239 cm³/mol. The van der Waals surface area contributed by atoms with E-state index in [1.54, 1.807) is 66.1 Å². The van der Waals surface area contributed by atoms with Crippen LogP contribution in [-0.4, -0.2) is 174 Å². The highest BCUT2D eigenvalue weighted by molar-refractivity contribution is 7.52. The van der Waals surface area contributed by atoms with Gasteiger partial charge in [0.1, 0.15) is 17.4 Å². The molecule has 0 unspecified atom stereocenters. The minimum atomic E-state index is -4.73. The number of guanidine groups is 1. The zero-order chi connectivity index (χ0) is 46.7. The minimum absolute atomic E-state index is 0.0333. The van der Waals surface area contributed by atoms with Crippen LogP contribution in [0.5, 0.6) is 0 Å². The lowest BCUT2D eigenvalue weighted by Crippen LogP contribution is -2.56. The van der Waals surface area contributed by atoms with Crippen molar-refractivity contribution in [3.63, 3.8) is 0 Å². The van der Waals surface area contributed by atoms with Gasteiger partial charge in [-0.3, -0.25) is 18.9 Å². The monoisotopic (exact) mass is 894 g/mol. The molecule has 8 atom stereocenters. The number of likely N-dealkylation sites (N-methyl/N-ethyl adjacent to an activating group) is 1. The molecule has 2 heterocycles. The van der Waals surface area contributed by atoms with E-state index in [4.69, 9.17) is 19.2 Å². The van der Waals surface area contributed by atoms with Crippen LogP contribution in [0.2, 0.25) is 0 Å². The Morgan fingerprint density at radius 2 is 1.53 bits per heavy atom. The summed E-state index contributed by atoms with van der Waals surface area (Å²) in [5, 5.41) is 2.58. The number of nitrogens with zero attached hydrogens (tertiary/aromatic N) is 6. The second-order valence-corrected chi connectivity index (χ2v) is 20.2. The number of hydrogen-bond donors (Lipinski definition) is 3. The summed E-state index contributed by atoms with van der Waals surface area (Å²) < 4.78 is 30.0. The van der Waals surface area contributed by atoms with Gasteiger partial charge in [0.25, 0.3) is 0 Å². The average Bonchev–Trinajstić information content (AvgIpc) is 3.69. The summed E-state index contributed by atoms with van der Waals surface area (Å²) in [6.07, 6.45) is 0.0611. The van der Waals surface area contributed by atoms with Crippen LogP contribution in [0.25, 0.3) is 0 Å². The highest BCUT2D eigenvalue weighted by atomic mass is 31.2. The molecule has 1 aromatic rings. The number of benzene rings is 1. The lowest BCUT2D eigenvalue weighted by Gasteiger charge is -2.41. The van der Waals surface area contributed by atoms with Crippen LogP contribution in [0.15, 0.2) is 35.3 Å². The van der Waals surface area contributed by atoms with Crippen molar-refractivity contribution in [1.82, 2.24) is 29.8 Å². The first kappa shape index (κ1) is 52.6. The molecule has 2 aliphatic heterocycles. The van der Waals surface area contributed by atoms with Gasteiger partial charge in [-0.25, -0.2) is 9.79 Å². The van der Waals surface area contributed by atoms with Gasteiger partial charge in [0.05, 0.1) is 36.6 Å². The third-order valence-corrected chi connectivity index (χ3v) is 13.1. The summed E-state index contributed by atoms with van der Waals surface area (Å²) in [5.41, 5.74) is 0.0666.